The molecule has 1 aromatic rings. The number of amidine groups is 1. The standard InChI is InChI=1S/C15H18N2O/c1-14(2)13(18)16-12(17-14)15(9-6-10-15)11-7-4-3-5-8-11/h3-5,7-8H,6,9-10H2,1-2H3,(H,16,17,18). The van der Waals surface area contributed by atoms with Gasteiger partial charge in [-0.2, -0.15) is 0 Å². The first-order chi connectivity index (χ1) is 8.55. The Bertz CT molecular complexity index is 513. The van der Waals surface area contributed by atoms with E-state index in [4.69, 9.17) is 0 Å². The van der Waals surface area contributed by atoms with Gasteiger partial charge in [-0.3, -0.25) is 9.79 Å². The summed E-state index contributed by atoms with van der Waals surface area (Å²) in [5.41, 5.74) is 0.602. The van der Waals surface area contributed by atoms with Gasteiger partial charge in [0.05, 0.1) is 5.41 Å². The van der Waals surface area contributed by atoms with Gasteiger partial charge in [-0.05, 0) is 32.3 Å². The van der Waals surface area contributed by atoms with Crippen molar-refractivity contribution in [1.82, 2.24) is 5.32 Å². The van der Waals surface area contributed by atoms with Crippen LogP contribution in [-0.4, -0.2) is 17.3 Å². The molecular formula is C15H18N2O. The minimum atomic E-state index is -0.618. The molecule has 2 aliphatic rings. The minimum absolute atomic E-state index is 0.0136. The van der Waals surface area contributed by atoms with Gasteiger partial charge in [-0.25, -0.2) is 0 Å². The van der Waals surface area contributed by atoms with Crippen molar-refractivity contribution in [3.63, 3.8) is 0 Å². The summed E-state index contributed by atoms with van der Waals surface area (Å²) in [6.07, 6.45) is 3.35. The summed E-state index contributed by atoms with van der Waals surface area (Å²) in [6.45, 7) is 3.74. The molecular weight excluding hydrogens is 224 g/mol. The molecule has 1 heterocycles. The molecule has 1 saturated carbocycles. The first-order valence-electron chi connectivity index (χ1n) is 6.52. The van der Waals surface area contributed by atoms with Crippen molar-refractivity contribution in [3.05, 3.63) is 35.9 Å². The lowest BCUT2D eigenvalue weighted by atomic mass is 9.63. The van der Waals surface area contributed by atoms with E-state index < -0.39 is 5.54 Å². The molecule has 0 radical (unpaired) electrons. The van der Waals surface area contributed by atoms with Crippen LogP contribution in [0.4, 0.5) is 0 Å². The second-order valence-electron chi connectivity index (χ2n) is 5.78. The molecule has 94 valence electrons. The summed E-state index contributed by atoms with van der Waals surface area (Å²) >= 11 is 0. The average Bonchev–Trinajstić information content (AvgIpc) is 2.53. The molecule has 18 heavy (non-hydrogen) atoms. The maximum Gasteiger partial charge on any atom is 0.252 e. The molecule has 1 aliphatic heterocycles. The van der Waals surface area contributed by atoms with Gasteiger partial charge < -0.3 is 5.32 Å². The highest BCUT2D eigenvalue weighted by Gasteiger charge is 2.49. The number of aliphatic imine (C=N–C) groups is 1. The third kappa shape index (κ3) is 1.50. The van der Waals surface area contributed by atoms with Crippen LogP contribution in [0.1, 0.15) is 38.7 Å². The average molecular weight is 242 g/mol. The Hall–Kier alpha value is -1.64. The first kappa shape index (κ1) is 11.5. The van der Waals surface area contributed by atoms with Gasteiger partial charge in [0, 0.05) is 0 Å². The van der Waals surface area contributed by atoms with E-state index in [2.05, 4.69) is 34.6 Å². The zero-order valence-corrected chi connectivity index (χ0v) is 10.9. The normalized spacial score (nSPS) is 24.1. The van der Waals surface area contributed by atoms with Crippen LogP contribution in [0.25, 0.3) is 0 Å². The lowest BCUT2D eigenvalue weighted by Gasteiger charge is -2.42. The Balaban J connectivity index is 2.02. The highest BCUT2D eigenvalue weighted by Crippen LogP contribution is 2.45. The lowest BCUT2D eigenvalue weighted by Crippen LogP contribution is -2.49. The number of carbonyl (C=O) groups is 1. The maximum absolute atomic E-state index is 11.9. The summed E-state index contributed by atoms with van der Waals surface area (Å²) in [5.74, 6) is 0.884. The predicted octanol–water partition coefficient (Wildman–Crippen LogP) is 2.42. The molecule has 0 atom stereocenters. The van der Waals surface area contributed by atoms with E-state index in [-0.39, 0.29) is 11.3 Å². The predicted molar refractivity (Wildman–Crippen MR) is 71.6 cm³/mol. The van der Waals surface area contributed by atoms with Gasteiger partial charge >= 0.3 is 0 Å². The Kier molecular flexibility index (Phi) is 2.34. The highest BCUT2D eigenvalue weighted by atomic mass is 16.2. The van der Waals surface area contributed by atoms with Crippen molar-refractivity contribution in [2.75, 3.05) is 0 Å². The van der Waals surface area contributed by atoms with Crippen molar-refractivity contribution >= 4 is 11.7 Å². The Labute approximate surface area is 107 Å². The molecule has 0 unspecified atom stereocenters. The number of hydrogen-bond acceptors (Lipinski definition) is 2. The molecule has 0 aromatic heterocycles. The third-order valence-electron chi connectivity index (χ3n) is 4.17. The van der Waals surface area contributed by atoms with Crippen molar-refractivity contribution in [3.8, 4) is 0 Å². The fourth-order valence-electron chi connectivity index (χ4n) is 2.80. The van der Waals surface area contributed by atoms with Crippen LogP contribution in [0, 0.1) is 0 Å². The third-order valence-corrected chi connectivity index (χ3v) is 4.17. The van der Waals surface area contributed by atoms with E-state index in [0.29, 0.717) is 0 Å². The smallest absolute Gasteiger partial charge is 0.252 e. The molecule has 3 nitrogen and oxygen atoms in total. The number of carbonyl (C=O) groups excluding carboxylic acids is 1. The van der Waals surface area contributed by atoms with E-state index in [9.17, 15) is 4.79 Å². The lowest BCUT2D eigenvalue weighted by molar-refractivity contribution is -0.122. The van der Waals surface area contributed by atoms with E-state index in [1.54, 1.807) is 0 Å². The van der Waals surface area contributed by atoms with E-state index in [1.807, 2.05) is 19.9 Å². The Morgan fingerprint density at radius 2 is 1.83 bits per heavy atom. The molecule has 1 amide bonds. The van der Waals surface area contributed by atoms with Crippen LogP contribution in [-0.2, 0) is 10.2 Å². The zero-order valence-electron chi connectivity index (χ0n) is 10.9. The largest absolute Gasteiger partial charge is 0.312 e. The number of benzene rings is 1. The molecule has 1 fully saturated rings. The zero-order chi connectivity index (χ0) is 12.8. The fraction of sp³-hybridized carbons (Fsp3) is 0.467. The molecule has 3 heteroatoms. The van der Waals surface area contributed by atoms with E-state index >= 15 is 0 Å². The van der Waals surface area contributed by atoms with Crippen LogP contribution < -0.4 is 5.32 Å². The topological polar surface area (TPSA) is 41.5 Å². The van der Waals surface area contributed by atoms with Gasteiger partial charge in [0.25, 0.3) is 5.91 Å². The first-order valence-corrected chi connectivity index (χ1v) is 6.52. The van der Waals surface area contributed by atoms with Crippen molar-refractivity contribution in [2.24, 2.45) is 4.99 Å². The summed E-state index contributed by atoms with van der Waals surface area (Å²) in [4.78, 5) is 16.5. The summed E-state index contributed by atoms with van der Waals surface area (Å²) in [5, 5.41) is 3.00. The highest BCUT2D eigenvalue weighted by molar-refractivity contribution is 6.12. The van der Waals surface area contributed by atoms with E-state index in [1.165, 1.54) is 12.0 Å². The van der Waals surface area contributed by atoms with Gasteiger partial charge in [-0.1, -0.05) is 36.8 Å². The van der Waals surface area contributed by atoms with Crippen LogP contribution in [0.15, 0.2) is 35.3 Å². The van der Waals surface area contributed by atoms with Crippen LogP contribution in [0.2, 0.25) is 0 Å². The summed E-state index contributed by atoms with van der Waals surface area (Å²) in [7, 11) is 0. The minimum Gasteiger partial charge on any atom is -0.312 e. The number of nitrogens with one attached hydrogen (secondary N) is 1. The quantitative estimate of drug-likeness (QED) is 0.850. The van der Waals surface area contributed by atoms with Crippen molar-refractivity contribution in [2.45, 2.75) is 44.1 Å². The molecule has 1 aromatic carbocycles. The van der Waals surface area contributed by atoms with E-state index in [0.717, 1.165) is 18.7 Å². The van der Waals surface area contributed by atoms with Crippen LogP contribution in [0.3, 0.4) is 0 Å². The number of rotatable bonds is 2. The maximum atomic E-state index is 11.9. The molecule has 0 bridgehead atoms. The summed E-state index contributed by atoms with van der Waals surface area (Å²) in [6, 6.07) is 10.4. The Morgan fingerprint density at radius 3 is 2.28 bits per heavy atom. The molecule has 1 aliphatic carbocycles. The van der Waals surface area contributed by atoms with Crippen molar-refractivity contribution < 1.29 is 4.79 Å². The molecule has 1 N–H and O–H groups in total. The van der Waals surface area contributed by atoms with Gasteiger partial charge in [0.15, 0.2) is 0 Å². The molecule has 3 rings (SSSR count). The van der Waals surface area contributed by atoms with Crippen LogP contribution in [0.5, 0.6) is 0 Å². The van der Waals surface area contributed by atoms with Gasteiger partial charge in [-0.15, -0.1) is 0 Å². The molecule has 0 saturated heterocycles. The number of hydrogen-bond donors (Lipinski definition) is 1. The SMILES string of the molecule is CC1(C)N=C(C2(c3ccccc3)CCC2)NC1=O. The van der Waals surface area contributed by atoms with Gasteiger partial charge in [0.1, 0.15) is 11.4 Å². The monoisotopic (exact) mass is 242 g/mol. The Morgan fingerprint density at radius 1 is 1.17 bits per heavy atom. The van der Waals surface area contributed by atoms with Crippen molar-refractivity contribution in [1.29, 1.82) is 0 Å². The second-order valence-corrected chi connectivity index (χ2v) is 5.78. The summed E-state index contributed by atoms with van der Waals surface area (Å²) < 4.78 is 0. The fourth-order valence-corrected chi connectivity index (χ4v) is 2.80. The van der Waals surface area contributed by atoms with Crippen LogP contribution >= 0.6 is 0 Å². The van der Waals surface area contributed by atoms with Gasteiger partial charge in [0.2, 0.25) is 0 Å². The number of nitrogens with zero attached hydrogens (tertiary/aromatic N) is 1. The number of amides is 1. The molecule has 0 spiro atoms. The second kappa shape index (κ2) is 3.67.